The van der Waals surface area contributed by atoms with Gasteiger partial charge in [-0.1, -0.05) is 61.0 Å². The summed E-state index contributed by atoms with van der Waals surface area (Å²) in [6.07, 6.45) is 10.4. The second-order valence-electron chi connectivity index (χ2n) is 4.98. The van der Waals surface area contributed by atoms with Crippen LogP contribution in [0, 0.1) is 0 Å². The molecule has 0 bridgehead atoms. The summed E-state index contributed by atoms with van der Waals surface area (Å²) in [5.74, 6) is 0. The molecule has 2 heteroatoms. The minimum Gasteiger partial charge on any atom is -0.347 e. The number of unbranched alkanes of at least 4 members (excludes halogenated alkanes) is 5. The maximum Gasteiger partial charge on any atom is 0.0491 e. The third-order valence-electron chi connectivity index (χ3n) is 3.49. The smallest absolute Gasteiger partial charge is 0.0491 e. The lowest BCUT2D eigenvalue weighted by Gasteiger charge is -2.05. The summed E-state index contributed by atoms with van der Waals surface area (Å²) in [4.78, 5) is 0. The average molecular weight is 308 g/mol. The molecule has 1 aromatic carbocycles. The topological polar surface area (TPSA) is 4.93 Å². The first-order valence-corrected chi connectivity index (χ1v) is 7.85. The number of hydrogen-bond acceptors (Lipinski definition) is 0. The molecule has 0 aliphatic carbocycles. The first-order chi connectivity index (χ1) is 8.81. The molecule has 0 fully saturated rings. The van der Waals surface area contributed by atoms with E-state index < -0.39 is 0 Å². The average Bonchev–Trinajstić information content (AvgIpc) is 2.76. The van der Waals surface area contributed by atoms with Gasteiger partial charge in [-0.25, -0.2) is 0 Å². The molecule has 0 saturated heterocycles. The highest BCUT2D eigenvalue weighted by molar-refractivity contribution is 9.10. The number of halogens is 1. The van der Waals surface area contributed by atoms with Gasteiger partial charge in [0.1, 0.15) is 0 Å². The Morgan fingerprint density at radius 1 is 1.00 bits per heavy atom. The van der Waals surface area contributed by atoms with E-state index in [2.05, 4.69) is 57.9 Å². The Kier molecular flexibility index (Phi) is 5.30. The van der Waals surface area contributed by atoms with Crippen LogP contribution in [0.15, 0.2) is 34.9 Å². The van der Waals surface area contributed by atoms with Gasteiger partial charge in [-0.05, 0) is 30.0 Å². The van der Waals surface area contributed by atoms with Crippen LogP contribution in [0.2, 0.25) is 0 Å². The summed E-state index contributed by atoms with van der Waals surface area (Å²) in [6, 6.07) is 8.71. The predicted octanol–water partition coefficient (Wildman–Crippen LogP) is 5.76. The highest BCUT2D eigenvalue weighted by atomic mass is 79.9. The summed E-state index contributed by atoms with van der Waals surface area (Å²) >= 11 is 3.55. The molecule has 2 rings (SSSR count). The number of rotatable bonds is 7. The van der Waals surface area contributed by atoms with E-state index in [1.54, 1.807) is 0 Å². The molecule has 0 spiro atoms. The van der Waals surface area contributed by atoms with Gasteiger partial charge < -0.3 is 4.57 Å². The lowest BCUT2D eigenvalue weighted by Crippen LogP contribution is -1.95. The SMILES string of the molecule is CCCCCCCCn1ccc2ccc(Br)cc21. The van der Waals surface area contributed by atoms with Gasteiger partial charge >= 0.3 is 0 Å². The molecule has 1 aromatic heterocycles. The monoisotopic (exact) mass is 307 g/mol. The highest BCUT2D eigenvalue weighted by Crippen LogP contribution is 2.21. The molecule has 2 aromatic rings. The molecule has 0 atom stereocenters. The third-order valence-corrected chi connectivity index (χ3v) is 3.98. The molecular formula is C16H22BrN. The second kappa shape index (κ2) is 6.98. The lowest BCUT2D eigenvalue weighted by atomic mass is 10.1. The van der Waals surface area contributed by atoms with E-state index in [1.807, 2.05) is 0 Å². The van der Waals surface area contributed by atoms with Crippen LogP contribution >= 0.6 is 15.9 Å². The maximum atomic E-state index is 3.55. The first-order valence-electron chi connectivity index (χ1n) is 7.05. The molecule has 18 heavy (non-hydrogen) atoms. The zero-order valence-electron chi connectivity index (χ0n) is 11.2. The van der Waals surface area contributed by atoms with Crippen LogP contribution < -0.4 is 0 Å². The van der Waals surface area contributed by atoms with Gasteiger partial charge in [0.25, 0.3) is 0 Å². The van der Waals surface area contributed by atoms with Crippen molar-refractivity contribution >= 4 is 26.8 Å². The van der Waals surface area contributed by atoms with Crippen LogP contribution in [-0.2, 0) is 6.54 Å². The lowest BCUT2D eigenvalue weighted by molar-refractivity contribution is 0.565. The second-order valence-corrected chi connectivity index (χ2v) is 5.90. The number of hydrogen-bond donors (Lipinski definition) is 0. The quantitative estimate of drug-likeness (QED) is 0.573. The molecule has 98 valence electrons. The van der Waals surface area contributed by atoms with Crippen molar-refractivity contribution in [2.24, 2.45) is 0 Å². The Bertz CT molecular complexity index is 487. The van der Waals surface area contributed by atoms with Crippen molar-refractivity contribution in [2.45, 2.75) is 52.0 Å². The van der Waals surface area contributed by atoms with Crippen molar-refractivity contribution in [3.8, 4) is 0 Å². The molecular weight excluding hydrogens is 286 g/mol. The van der Waals surface area contributed by atoms with E-state index in [4.69, 9.17) is 0 Å². The predicted molar refractivity (Wildman–Crippen MR) is 83.0 cm³/mol. The molecule has 0 N–H and O–H groups in total. The summed E-state index contributed by atoms with van der Waals surface area (Å²) < 4.78 is 3.54. The molecule has 0 radical (unpaired) electrons. The van der Waals surface area contributed by atoms with Gasteiger partial charge in [-0.2, -0.15) is 0 Å². The fraction of sp³-hybridized carbons (Fsp3) is 0.500. The van der Waals surface area contributed by atoms with Crippen molar-refractivity contribution in [3.63, 3.8) is 0 Å². The van der Waals surface area contributed by atoms with E-state index in [1.165, 1.54) is 49.4 Å². The van der Waals surface area contributed by atoms with Gasteiger partial charge in [-0.15, -0.1) is 0 Å². The van der Waals surface area contributed by atoms with Crippen LogP contribution in [0.25, 0.3) is 10.9 Å². The normalized spacial score (nSPS) is 11.2. The standard InChI is InChI=1S/C16H22BrN/c1-2-3-4-5-6-7-11-18-12-10-14-8-9-15(17)13-16(14)18/h8-10,12-13H,2-7,11H2,1H3. The number of fused-ring (bicyclic) bond motifs is 1. The van der Waals surface area contributed by atoms with E-state index in [-0.39, 0.29) is 0 Å². The fourth-order valence-electron chi connectivity index (χ4n) is 2.41. The van der Waals surface area contributed by atoms with E-state index in [0.717, 1.165) is 11.0 Å². The molecule has 0 aliphatic heterocycles. The van der Waals surface area contributed by atoms with Crippen LogP contribution in [0.3, 0.4) is 0 Å². The van der Waals surface area contributed by atoms with E-state index in [0.29, 0.717) is 0 Å². The van der Waals surface area contributed by atoms with Crippen LogP contribution in [-0.4, -0.2) is 4.57 Å². The summed E-state index contributed by atoms with van der Waals surface area (Å²) in [7, 11) is 0. The van der Waals surface area contributed by atoms with Crippen molar-refractivity contribution in [3.05, 3.63) is 34.9 Å². The van der Waals surface area contributed by atoms with Crippen molar-refractivity contribution in [1.29, 1.82) is 0 Å². The number of nitrogens with zero attached hydrogens (tertiary/aromatic N) is 1. The Hall–Kier alpha value is -0.760. The summed E-state index contributed by atoms with van der Waals surface area (Å²) in [6.45, 7) is 3.41. The Labute approximate surface area is 118 Å². The summed E-state index contributed by atoms with van der Waals surface area (Å²) in [5, 5.41) is 1.34. The van der Waals surface area contributed by atoms with Crippen molar-refractivity contribution < 1.29 is 0 Å². The largest absolute Gasteiger partial charge is 0.347 e. The third kappa shape index (κ3) is 3.61. The molecule has 0 aliphatic rings. The number of benzene rings is 1. The fourth-order valence-corrected chi connectivity index (χ4v) is 2.76. The highest BCUT2D eigenvalue weighted by Gasteiger charge is 2.01. The van der Waals surface area contributed by atoms with Crippen LogP contribution in [0.1, 0.15) is 45.4 Å². The zero-order chi connectivity index (χ0) is 12.8. The van der Waals surface area contributed by atoms with E-state index in [9.17, 15) is 0 Å². The van der Waals surface area contributed by atoms with E-state index >= 15 is 0 Å². The van der Waals surface area contributed by atoms with Gasteiger partial charge in [0.2, 0.25) is 0 Å². The zero-order valence-corrected chi connectivity index (χ0v) is 12.7. The van der Waals surface area contributed by atoms with Gasteiger partial charge in [0.15, 0.2) is 0 Å². The Morgan fingerprint density at radius 2 is 1.78 bits per heavy atom. The minimum atomic E-state index is 1.14. The Morgan fingerprint density at radius 3 is 2.61 bits per heavy atom. The van der Waals surface area contributed by atoms with Crippen LogP contribution in [0.5, 0.6) is 0 Å². The number of aryl methyl sites for hydroxylation is 1. The van der Waals surface area contributed by atoms with Gasteiger partial charge in [-0.3, -0.25) is 0 Å². The molecule has 0 saturated carbocycles. The molecule has 0 amide bonds. The maximum absolute atomic E-state index is 3.55. The minimum absolute atomic E-state index is 1.14. The molecule has 1 nitrogen and oxygen atoms in total. The summed E-state index contributed by atoms with van der Waals surface area (Å²) in [5.41, 5.74) is 1.35. The van der Waals surface area contributed by atoms with Crippen LogP contribution in [0.4, 0.5) is 0 Å². The molecule has 0 unspecified atom stereocenters. The van der Waals surface area contributed by atoms with Crippen molar-refractivity contribution in [2.75, 3.05) is 0 Å². The van der Waals surface area contributed by atoms with Gasteiger partial charge in [0, 0.05) is 22.7 Å². The van der Waals surface area contributed by atoms with Crippen molar-refractivity contribution in [1.82, 2.24) is 4.57 Å². The number of aromatic nitrogens is 1. The molecule has 1 heterocycles. The Balaban J connectivity index is 1.86. The van der Waals surface area contributed by atoms with Gasteiger partial charge in [0.05, 0.1) is 0 Å². The first kappa shape index (κ1) is 13.7.